The maximum absolute atomic E-state index is 12.3. The van der Waals surface area contributed by atoms with Crippen LogP contribution >= 0.6 is 11.3 Å². The quantitative estimate of drug-likeness (QED) is 0.816. The van der Waals surface area contributed by atoms with Crippen LogP contribution in [0.15, 0.2) is 23.7 Å². The van der Waals surface area contributed by atoms with Gasteiger partial charge in [-0.25, -0.2) is 9.97 Å². The molecule has 144 valence electrons. The molecule has 0 unspecified atom stereocenters. The molecule has 8 heteroatoms. The smallest absolute Gasteiger partial charge is 0.270 e. The molecule has 4 heterocycles. The molecule has 2 aromatic rings. The largest absolute Gasteiger partial charge is 0.379 e. The van der Waals surface area contributed by atoms with E-state index in [4.69, 9.17) is 4.74 Å². The van der Waals surface area contributed by atoms with Crippen LogP contribution < -0.4 is 10.2 Å². The van der Waals surface area contributed by atoms with E-state index < -0.39 is 0 Å². The molecular weight excluding hydrogens is 362 g/mol. The number of carbonyl (C=O) groups excluding carboxylic acids is 1. The zero-order valence-electron chi connectivity index (χ0n) is 15.4. The molecule has 2 aliphatic rings. The summed E-state index contributed by atoms with van der Waals surface area (Å²) in [5, 5.41) is 5.60. The van der Waals surface area contributed by atoms with Crippen LogP contribution in [0, 0.1) is 0 Å². The fourth-order valence-corrected chi connectivity index (χ4v) is 4.19. The second-order valence-corrected chi connectivity index (χ2v) is 7.71. The Morgan fingerprint density at radius 3 is 2.74 bits per heavy atom. The van der Waals surface area contributed by atoms with Crippen LogP contribution in [-0.4, -0.2) is 73.3 Å². The lowest BCUT2D eigenvalue weighted by atomic mass is 10.3. The minimum absolute atomic E-state index is 0.118. The Kier molecular flexibility index (Phi) is 5.96. The van der Waals surface area contributed by atoms with E-state index >= 15 is 0 Å². The molecule has 0 bridgehead atoms. The van der Waals surface area contributed by atoms with Crippen LogP contribution in [0.2, 0.25) is 0 Å². The summed E-state index contributed by atoms with van der Waals surface area (Å²) in [5.41, 5.74) is 1.43. The van der Waals surface area contributed by atoms with Crippen LogP contribution in [0.3, 0.4) is 0 Å². The van der Waals surface area contributed by atoms with Gasteiger partial charge in [-0.15, -0.1) is 11.3 Å². The number of anilines is 1. The maximum atomic E-state index is 12.3. The van der Waals surface area contributed by atoms with Crippen molar-refractivity contribution in [1.82, 2.24) is 20.2 Å². The van der Waals surface area contributed by atoms with Crippen LogP contribution in [0.25, 0.3) is 10.6 Å². The van der Waals surface area contributed by atoms with Crippen LogP contribution in [0.5, 0.6) is 0 Å². The van der Waals surface area contributed by atoms with Gasteiger partial charge in [0.05, 0.1) is 13.2 Å². The van der Waals surface area contributed by atoms with E-state index in [2.05, 4.69) is 25.1 Å². The van der Waals surface area contributed by atoms with Crippen molar-refractivity contribution in [1.29, 1.82) is 0 Å². The highest BCUT2D eigenvalue weighted by molar-refractivity contribution is 7.13. The molecule has 0 spiro atoms. The van der Waals surface area contributed by atoms with Gasteiger partial charge in [0, 0.05) is 56.4 Å². The Morgan fingerprint density at radius 2 is 2.00 bits per heavy atom. The van der Waals surface area contributed by atoms with Gasteiger partial charge >= 0.3 is 0 Å². The lowest BCUT2D eigenvalue weighted by molar-refractivity contribution is 0.0383. The molecule has 4 rings (SSSR count). The van der Waals surface area contributed by atoms with E-state index in [0.29, 0.717) is 12.2 Å². The first-order valence-electron chi connectivity index (χ1n) is 9.55. The molecule has 2 fully saturated rings. The van der Waals surface area contributed by atoms with E-state index in [1.165, 1.54) is 24.2 Å². The molecule has 2 aromatic heterocycles. The number of amides is 1. The summed E-state index contributed by atoms with van der Waals surface area (Å²) in [6.07, 6.45) is 4.33. The first-order chi connectivity index (χ1) is 13.3. The van der Waals surface area contributed by atoms with Gasteiger partial charge in [0.25, 0.3) is 5.91 Å². The van der Waals surface area contributed by atoms with Gasteiger partial charge in [-0.05, 0) is 25.0 Å². The van der Waals surface area contributed by atoms with Crippen LogP contribution in [0.1, 0.15) is 23.3 Å². The summed E-state index contributed by atoms with van der Waals surface area (Å²) >= 11 is 1.48. The van der Waals surface area contributed by atoms with Gasteiger partial charge in [0.15, 0.2) is 0 Å². The molecule has 0 radical (unpaired) electrons. The number of ether oxygens (including phenoxy) is 1. The number of nitrogens with zero attached hydrogens (tertiary/aromatic N) is 4. The highest BCUT2D eigenvalue weighted by Crippen LogP contribution is 2.25. The minimum atomic E-state index is -0.118. The van der Waals surface area contributed by atoms with Crippen molar-refractivity contribution in [2.45, 2.75) is 12.8 Å². The fraction of sp³-hybridized carbons (Fsp3) is 0.526. The average Bonchev–Trinajstić information content (AvgIpc) is 3.41. The first kappa shape index (κ1) is 18.3. The van der Waals surface area contributed by atoms with Crippen molar-refractivity contribution < 1.29 is 9.53 Å². The zero-order chi connectivity index (χ0) is 18.5. The van der Waals surface area contributed by atoms with Crippen molar-refractivity contribution in [3.63, 3.8) is 0 Å². The highest BCUT2D eigenvalue weighted by atomic mass is 32.1. The number of morpholine rings is 1. The third-order valence-electron chi connectivity index (χ3n) is 4.98. The van der Waals surface area contributed by atoms with Gasteiger partial charge < -0.3 is 15.0 Å². The Labute approximate surface area is 163 Å². The number of carbonyl (C=O) groups is 1. The van der Waals surface area contributed by atoms with E-state index in [1.807, 2.05) is 23.7 Å². The Morgan fingerprint density at radius 1 is 1.19 bits per heavy atom. The molecule has 0 saturated carbocycles. The van der Waals surface area contributed by atoms with E-state index in [0.717, 1.165) is 62.3 Å². The highest BCUT2D eigenvalue weighted by Gasteiger charge is 2.16. The van der Waals surface area contributed by atoms with Crippen molar-refractivity contribution in [3.05, 3.63) is 29.4 Å². The third kappa shape index (κ3) is 4.63. The summed E-state index contributed by atoms with van der Waals surface area (Å²) in [6.45, 7) is 7.03. The predicted octanol–water partition coefficient (Wildman–Crippen LogP) is 1.87. The number of pyridine rings is 1. The van der Waals surface area contributed by atoms with Crippen molar-refractivity contribution in [2.24, 2.45) is 0 Å². The molecule has 27 heavy (non-hydrogen) atoms. The molecule has 0 aromatic carbocycles. The van der Waals surface area contributed by atoms with Crippen LogP contribution in [-0.2, 0) is 4.74 Å². The Hall–Kier alpha value is -2.03. The summed E-state index contributed by atoms with van der Waals surface area (Å²) in [4.78, 5) is 26.0. The SMILES string of the molecule is O=C(NCCN1CCOCC1)c1csc(-c2ccc(N3CCCC3)nc2)n1. The third-order valence-corrected chi connectivity index (χ3v) is 5.87. The first-order valence-corrected chi connectivity index (χ1v) is 10.4. The average molecular weight is 388 g/mol. The Bertz CT molecular complexity index is 752. The minimum Gasteiger partial charge on any atom is -0.379 e. The molecule has 1 amide bonds. The van der Waals surface area contributed by atoms with E-state index in [9.17, 15) is 4.79 Å². The second-order valence-electron chi connectivity index (χ2n) is 6.85. The van der Waals surface area contributed by atoms with E-state index in [-0.39, 0.29) is 5.91 Å². The van der Waals surface area contributed by atoms with Gasteiger partial charge in [-0.2, -0.15) is 0 Å². The zero-order valence-corrected chi connectivity index (χ0v) is 16.2. The van der Waals surface area contributed by atoms with Gasteiger partial charge in [-0.3, -0.25) is 9.69 Å². The summed E-state index contributed by atoms with van der Waals surface area (Å²) in [7, 11) is 0. The van der Waals surface area contributed by atoms with Crippen molar-refractivity contribution in [3.8, 4) is 10.6 Å². The fourth-order valence-electron chi connectivity index (χ4n) is 3.40. The molecule has 7 nitrogen and oxygen atoms in total. The van der Waals surface area contributed by atoms with Crippen molar-refractivity contribution in [2.75, 3.05) is 57.4 Å². The maximum Gasteiger partial charge on any atom is 0.270 e. The number of thiazole rings is 1. The molecule has 2 aliphatic heterocycles. The molecule has 0 aliphatic carbocycles. The summed E-state index contributed by atoms with van der Waals surface area (Å²) in [6, 6.07) is 4.09. The van der Waals surface area contributed by atoms with Gasteiger partial charge in [0.2, 0.25) is 0 Å². The lowest BCUT2D eigenvalue weighted by Gasteiger charge is -2.26. The lowest BCUT2D eigenvalue weighted by Crippen LogP contribution is -2.41. The summed E-state index contributed by atoms with van der Waals surface area (Å²) in [5.74, 6) is 0.904. The normalized spacial score (nSPS) is 18.0. The van der Waals surface area contributed by atoms with Crippen molar-refractivity contribution >= 4 is 23.1 Å². The predicted molar refractivity (Wildman–Crippen MR) is 106 cm³/mol. The monoisotopic (exact) mass is 387 g/mol. The standard InChI is InChI=1S/C19H25N5O2S/c25-18(20-5-8-23-9-11-26-12-10-23)16-14-27-19(22-16)15-3-4-17(21-13-15)24-6-1-2-7-24/h3-4,13-14H,1-2,5-12H2,(H,20,25). The second kappa shape index (κ2) is 8.77. The number of rotatable bonds is 6. The molecule has 2 saturated heterocycles. The van der Waals surface area contributed by atoms with Gasteiger partial charge in [0.1, 0.15) is 16.5 Å². The molecule has 0 atom stereocenters. The molecule has 1 N–H and O–H groups in total. The number of nitrogens with one attached hydrogen (secondary N) is 1. The molecular formula is C19H25N5O2S. The number of aromatic nitrogens is 2. The summed E-state index contributed by atoms with van der Waals surface area (Å²) < 4.78 is 5.33. The Balaban J connectivity index is 1.31. The topological polar surface area (TPSA) is 70.6 Å². The van der Waals surface area contributed by atoms with Crippen LogP contribution in [0.4, 0.5) is 5.82 Å². The number of hydrogen-bond acceptors (Lipinski definition) is 7. The van der Waals surface area contributed by atoms with Gasteiger partial charge in [-0.1, -0.05) is 0 Å². The van der Waals surface area contributed by atoms with E-state index in [1.54, 1.807) is 0 Å². The number of hydrogen-bond donors (Lipinski definition) is 1.